The third kappa shape index (κ3) is 6.27. The minimum atomic E-state index is -0.348. The van der Waals surface area contributed by atoms with E-state index in [1.807, 2.05) is 24.3 Å². The van der Waals surface area contributed by atoms with Crippen LogP contribution in [0.4, 0.5) is 15.8 Å². The molecule has 194 valence electrons. The molecule has 0 aromatic heterocycles. The van der Waals surface area contributed by atoms with Gasteiger partial charge >= 0.3 is 0 Å². The second-order valence-electron chi connectivity index (χ2n) is 9.10. The minimum Gasteiger partial charge on any atom is -0.497 e. The van der Waals surface area contributed by atoms with Crippen LogP contribution in [0.2, 0.25) is 0 Å². The highest BCUT2D eigenvalue weighted by Gasteiger charge is 2.27. The SMILES string of the molecule is COc1cccc(N(CCN2CCC(C(=O)c3ccc(F)cc3)CC2)C(=O)c2ccc(N)c(OC)c2)c1. The minimum absolute atomic E-state index is 0.0603. The van der Waals surface area contributed by atoms with Crippen molar-refractivity contribution in [2.45, 2.75) is 12.8 Å². The van der Waals surface area contributed by atoms with E-state index in [-0.39, 0.29) is 23.4 Å². The number of nitrogens with zero attached hydrogens (tertiary/aromatic N) is 2. The monoisotopic (exact) mass is 505 g/mol. The van der Waals surface area contributed by atoms with Gasteiger partial charge in [-0.2, -0.15) is 0 Å². The Bertz CT molecular complexity index is 1240. The Morgan fingerprint density at radius 1 is 0.973 bits per heavy atom. The highest BCUT2D eigenvalue weighted by Crippen LogP contribution is 2.27. The summed E-state index contributed by atoms with van der Waals surface area (Å²) in [5, 5.41) is 0. The Hall–Kier alpha value is -3.91. The Labute approximate surface area is 216 Å². The summed E-state index contributed by atoms with van der Waals surface area (Å²) in [4.78, 5) is 30.4. The van der Waals surface area contributed by atoms with Crippen molar-refractivity contribution in [3.63, 3.8) is 0 Å². The van der Waals surface area contributed by atoms with Crippen LogP contribution in [0, 0.1) is 11.7 Å². The fraction of sp³-hybridized carbons (Fsp3) is 0.310. The van der Waals surface area contributed by atoms with Gasteiger partial charge in [-0.25, -0.2) is 4.39 Å². The number of hydrogen-bond donors (Lipinski definition) is 1. The van der Waals surface area contributed by atoms with Gasteiger partial charge < -0.3 is 25.0 Å². The lowest BCUT2D eigenvalue weighted by Gasteiger charge is -2.33. The Morgan fingerprint density at radius 3 is 2.35 bits per heavy atom. The maximum absolute atomic E-state index is 13.6. The number of methoxy groups -OCH3 is 2. The number of nitrogen functional groups attached to an aromatic ring is 1. The zero-order valence-corrected chi connectivity index (χ0v) is 21.2. The number of anilines is 2. The first-order valence-corrected chi connectivity index (χ1v) is 12.3. The summed E-state index contributed by atoms with van der Waals surface area (Å²) in [6.07, 6.45) is 1.44. The lowest BCUT2D eigenvalue weighted by molar-refractivity contribution is 0.0841. The number of nitrogens with two attached hydrogens (primary N) is 1. The van der Waals surface area contributed by atoms with Crippen LogP contribution in [0.5, 0.6) is 11.5 Å². The molecular formula is C29H32FN3O4. The number of ether oxygens (including phenoxy) is 2. The number of rotatable bonds is 9. The standard InChI is InChI=1S/C29H32FN3O4/c1-36-25-5-3-4-24(19-25)33(29(35)22-8-11-26(31)27(18-22)37-2)17-16-32-14-12-21(13-15-32)28(34)20-6-9-23(30)10-7-20/h3-11,18-19,21H,12-17,31H2,1-2H3. The first kappa shape index (κ1) is 26.2. The van der Waals surface area contributed by atoms with Crippen LogP contribution in [0.25, 0.3) is 0 Å². The fourth-order valence-electron chi connectivity index (χ4n) is 4.64. The summed E-state index contributed by atoms with van der Waals surface area (Å²) in [6.45, 7) is 2.59. The zero-order chi connectivity index (χ0) is 26.4. The van der Waals surface area contributed by atoms with Crippen molar-refractivity contribution in [1.82, 2.24) is 4.90 Å². The van der Waals surface area contributed by atoms with Gasteiger partial charge in [-0.1, -0.05) is 6.07 Å². The van der Waals surface area contributed by atoms with Crippen molar-refractivity contribution in [3.05, 3.63) is 83.7 Å². The molecule has 3 aromatic rings. The Balaban J connectivity index is 1.45. The number of ketones is 1. The van der Waals surface area contributed by atoms with Crippen LogP contribution < -0.4 is 20.1 Å². The van der Waals surface area contributed by atoms with Gasteiger partial charge in [0.2, 0.25) is 0 Å². The summed E-state index contributed by atoms with van der Waals surface area (Å²) in [5.41, 5.74) is 8.15. The molecule has 1 amide bonds. The molecule has 0 bridgehead atoms. The van der Waals surface area contributed by atoms with E-state index in [0.29, 0.717) is 41.4 Å². The average molecular weight is 506 g/mol. The molecule has 1 heterocycles. The summed E-state index contributed by atoms with van der Waals surface area (Å²) in [5.74, 6) is 0.562. The lowest BCUT2D eigenvalue weighted by Crippen LogP contribution is -2.42. The summed E-state index contributed by atoms with van der Waals surface area (Å²) in [6, 6.07) is 18.2. The van der Waals surface area contributed by atoms with Crippen molar-refractivity contribution >= 4 is 23.1 Å². The number of carbonyl (C=O) groups is 2. The molecule has 0 unspecified atom stereocenters. The molecular weight excluding hydrogens is 473 g/mol. The van der Waals surface area contributed by atoms with E-state index >= 15 is 0 Å². The largest absolute Gasteiger partial charge is 0.497 e. The molecule has 1 fully saturated rings. The van der Waals surface area contributed by atoms with Gasteiger partial charge in [-0.15, -0.1) is 0 Å². The number of amides is 1. The number of likely N-dealkylation sites (tertiary alicyclic amines) is 1. The van der Waals surface area contributed by atoms with Crippen molar-refractivity contribution in [3.8, 4) is 11.5 Å². The van der Waals surface area contributed by atoms with Crippen LogP contribution in [-0.2, 0) is 0 Å². The van der Waals surface area contributed by atoms with Crippen molar-refractivity contribution in [2.75, 3.05) is 51.0 Å². The molecule has 37 heavy (non-hydrogen) atoms. The Kier molecular flexibility index (Phi) is 8.40. The molecule has 0 spiro atoms. The molecule has 4 rings (SSSR count). The van der Waals surface area contributed by atoms with E-state index in [9.17, 15) is 14.0 Å². The maximum Gasteiger partial charge on any atom is 0.258 e. The van der Waals surface area contributed by atoms with Crippen molar-refractivity contribution in [2.24, 2.45) is 5.92 Å². The number of benzene rings is 3. The van der Waals surface area contributed by atoms with Crippen LogP contribution in [-0.4, -0.2) is 57.0 Å². The second-order valence-corrected chi connectivity index (χ2v) is 9.10. The summed E-state index contributed by atoms with van der Waals surface area (Å²) in [7, 11) is 3.11. The van der Waals surface area contributed by atoms with Gasteiger partial charge in [-0.05, 0) is 80.5 Å². The molecule has 8 heteroatoms. The highest BCUT2D eigenvalue weighted by atomic mass is 19.1. The van der Waals surface area contributed by atoms with Crippen LogP contribution in [0.1, 0.15) is 33.6 Å². The smallest absolute Gasteiger partial charge is 0.258 e. The lowest BCUT2D eigenvalue weighted by atomic mass is 9.89. The number of piperidine rings is 1. The Morgan fingerprint density at radius 2 is 1.68 bits per heavy atom. The molecule has 3 aromatic carbocycles. The van der Waals surface area contributed by atoms with Gasteiger partial charge in [0.15, 0.2) is 5.78 Å². The molecule has 1 saturated heterocycles. The quantitative estimate of drug-likeness (QED) is 0.336. The second kappa shape index (κ2) is 11.9. The van der Waals surface area contributed by atoms with E-state index in [1.165, 1.54) is 19.2 Å². The zero-order valence-electron chi connectivity index (χ0n) is 21.2. The van der Waals surface area contributed by atoms with Crippen molar-refractivity contribution < 1.29 is 23.5 Å². The predicted molar refractivity (Wildman–Crippen MR) is 142 cm³/mol. The number of carbonyl (C=O) groups excluding carboxylic acids is 2. The third-order valence-corrected chi connectivity index (χ3v) is 6.82. The predicted octanol–water partition coefficient (Wildman–Crippen LogP) is 4.67. The van der Waals surface area contributed by atoms with Gasteiger partial charge in [-0.3, -0.25) is 9.59 Å². The van der Waals surface area contributed by atoms with E-state index in [0.717, 1.165) is 31.6 Å². The highest BCUT2D eigenvalue weighted by molar-refractivity contribution is 6.06. The van der Waals surface area contributed by atoms with Gasteiger partial charge in [0.05, 0.1) is 19.9 Å². The molecule has 7 nitrogen and oxygen atoms in total. The number of halogens is 1. The number of hydrogen-bond acceptors (Lipinski definition) is 6. The van der Waals surface area contributed by atoms with Gasteiger partial charge in [0.25, 0.3) is 5.91 Å². The van der Waals surface area contributed by atoms with Gasteiger partial charge in [0.1, 0.15) is 17.3 Å². The normalized spacial score (nSPS) is 14.2. The van der Waals surface area contributed by atoms with E-state index in [4.69, 9.17) is 15.2 Å². The van der Waals surface area contributed by atoms with E-state index in [2.05, 4.69) is 4.90 Å². The molecule has 1 aliphatic rings. The first-order chi connectivity index (χ1) is 17.9. The fourth-order valence-corrected chi connectivity index (χ4v) is 4.64. The first-order valence-electron chi connectivity index (χ1n) is 12.3. The molecule has 0 aliphatic carbocycles. The van der Waals surface area contributed by atoms with E-state index < -0.39 is 0 Å². The molecule has 2 N–H and O–H groups in total. The topological polar surface area (TPSA) is 85.1 Å². The molecule has 0 radical (unpaired) electrons. The average Bonchev–Trinajstić information content (AvgIpc) is 2.94. The van der Waals surface area contributed by atoms with Crippen LogP contribution in [0.15, 0.2) is 66.7 Å². The van der Waals surface area contributed by atoms with Crippen LogP contribution in [0.3, 0.4) is 0 Å². The van der Waals surface area contributed by atoms with E-state index in [1.54, 1.807) is 42.3 Å². The van der Waals surface area contributed by atoms with Crippen LogP contribution >= 0.6 is 0 Å². The molecule has 0 saturated carbocycles. The maximum atomic E-state index is 13.6. The third-order valence-electron chi connectivity index (χ3n) is 6.82. The summed E-state index contributed by atoms with van der Waals surface area (Å²) < 4.78 is 23.9. The van der Waals surface area contributed by atoms with Gasteiger partial charge in [0, 0.05) is 41.9 Å². The number of Topliss-reactive ketones (excluding diaryl/α,β-unsaturated/α-hetero) is 1. The van der Waals surface area contributed by atoms with Crippen molar-refractivity contribution in [1.29, 1.82) is 0 Å². The summed E-state index contributed by atoms with van der Waals surface area (Å²) >= 11 is 0. The molecule has 0 atom stereocenters. The molecule has 1 aliphatic heterocycles.